The second kappa shape index (κ2) is 5.49. The van der Waals surface area contributed by atoms with E-state index in [4.69, 9.17) is 16.3 Å². The lowest BCUT2D eigenvalue weighted by Gasteiger charge is -2.03. The fraction of sp³-hybridized carbons (Fsp3) is 0.357. The summed E-state index contributed by atoms with van der Waals surface area (Å²) >= 11 is 7.84. The highest BCUT2D eigenvalue weighted by Gasteiger charge is 2.20. The van der Waals surface area contributed by atoms with E-state index in [-0.39, 0.29) is 0 Å². The Labute approximate surface area is 121 Å². The van der Waals surface area contributed by atoms with Crippen molar-refractivity contribution >= 4 is 22.9 Å². The van der Waals surface area contributed by atoms with Crippen molar-refractivity contribution in [1.82, 2.24) is 10.3 Å². The number of thiazole rings is 1. The van der Waals surface area contributed by atoms with Crippen molar-refractivity contribution in [3.63, 3.8) is 0 Å². The molecule has 1 fully saturated rings. The van der Waals surface area contributed by atoms with Crippen molar-refractivity contribution in [3.05, 3.63) is 34.3 Å². The first-order chi connectivity index (χ1) is 9.26. The summed E-state index contributed by atoms with van der Waals surface area (Å²) in [5.74, 6) is 0.692. The van der Waals surface area contributed by atoms with Crippen LogP contribution in [0.2, 0.25) is 5.02 Å². The predicted molar refractivity (Wildman–Crippen MR) is 79.0 cm³/mol. The molecule has 1 aliphatic carbocycles. The van der Waals surface area contributed by atoms with Crippen molar-refractivity contribution in [2.45, 2.75) is 25.4 Å². The van der Waals surface area contributed by atoms with Gasteiger partial charge in [0.05, 0.1) is 12.1 Å². The van der Waals surface area contributed by atoms with E-state index in [2.05, 4.69) is 10.3 Å². The van der Waals surface area contributed by atoms with E-state index in [9.17, 15) is 0 Å². The lowest BCUT2D eigenvalue weighted by atomic mass is 10.2. The van der Waals surface area contributed by atoms with Gasteiger partial charge in [-0.2, -0.15) is 0 Å². The van der Waals surface area contributed by atoms with Crippen LogP contribution in [-0.2, 0) is 6.54 Å². The molecule has 0 amide bonds. The van der Waals surface area contributed by atoms with Crippen molar-refractivity contribution in [2.75, 3.05) is 7.11 Å². The van der Waals surface area contributed by atoms with E-state index in [1.54, 1.807) is 18.4 Å². The Bertz CT molecular complexity index is 581. The number of benzene rings is 1. The van der Waals surface area contributed by atoms with Gasteiger partial charge in [-0.25, -0.2) is 4.98 Å². The monoisotopic (exact) mass is 294 g/mol. The largest absolute Gasteiger partial charge is 0.495 e. The molecular formula is C14H15ClN2OS. The van der Waals surface area contributed by atoms with Crippen molar-refractivity contribution < 1.29 is 4.74 Å². The third kappa shape index (κ3) is 3.08. The first kappa shape index (κ1) is 12.9. The van der Waals surface area contributed by atoms with Crippen LogP contribution >= 0.6 is 22.9 Å². The quantitative estimate of drug-likeness (QED) is 0.912. The number of methoxy groups -OCH3 is 1. The Balaban J connectivity index is 1.75. The predicted octanol–water partition coefficient (Wildman–Crippen LogP) is 3.72. The molecule has 0 unspecified atom stereocenters. The summed E-state index contributed by atoms with van der Waals surface area (Å²) in [5.41, 5.74) is 1.04. The highest BCUT2D eigenvalue weighted by Crippen LogP contribution is 2.32. The molecule has 5 heteroatoms. The molecule has 1 heterocycles. The minimum atomic E-state index is 0.618. The highest BCUT2D eigenvalue weighted by atomic mass is 35.5. The van der Waals surface area contributed by atoms with E-state index < -0.39 is 0 Å². The van der Waals surface area contributed by atoms with E-state index in [0.29, 0.717) is 10.8 Å². The summed E-state index contributed by atoms with van der Waals surface area (Å²) in [5, 5.41) is 5.11. The zero-order valence-corrected chi connectivity index (χ0v) is 12.2. The Morgan fingerprint density at radius 3 is 3.00 bits per heavy atom. The molecule has 0 aliphatic heterocycles. The number of hydrogen-bond donors (Lipinski definition) is 1. The first-order valence-corrected chi connectivity index (χ1v) is 7.47. The number of ether oxygens (including phenoxy) is 1. The van der Waals surface area contributed by atoms with Crippen LogP contribution in [0.3, 0.4) is 0 Å². The Kier molecular flexibility index (Phi) is 3.73. The SMILES string of the molecule is COc1ccc(-c2ncc(CNC3CC3)s2)cc1Cl. The summed E-state index contributed by atoms with van der Waals surface area (Å²) in [6.07, 6.45) is 4.55. The maximum Gasteiger partial charge on any atom is 0.137 e. The zero-order chi connectivity index (χ0) is 13.2. The molecule has 1 aromatic heterocycles. The number of aromatic nitrogens is 1. The normalized spacial score (nSPS) is 14.6. The Hall–Kier alpha value is -1.10. The maximum absolute atomic E-state index is 6.14. The van der Waals surface area contributed by atoms with Gasteiger partial charge in [-0.15, -0.1) is 11.3 Å². The van der Waals surface area contributed by atoms with Gasteiger partial charge < -0.3 is 10.1 Å². The summed E-state index contributed by atoms with van der Waals surface area (Å²) in [6.45, 7) is 0.909. The third-order valence-electron chi connectivity index (χ3n) is 3.09. The molecule has 1 aromatic carbocycles. The van der Waals surface area contributed by atoms with Gasteiger partial charge >= 0.3 is 0 Å². The van der Waals surface area contributed by atoms with Gasteiger partial charge in [0.2, 0.25) is 0 Å². The van der Waals surface area contributed by atoms with Crippen LogP contribution in [-0.4, -0.2) is 18.1 Å². The summed E-state index contributed by atoms with van der Waals surface area (Å²) in [6, 6.07) is 6.49. The number of nitrogens with one attached hydrogen (secondary N) is 1. The lowest BCUT2D eigenvalue weighted by Crippen LogP contribution is -2.14. The molecule has 0 radical (unpaired) electrons. The van der Waals surface area contributed by atoms with Crippen LogP contribution in [0, 0.1) is 0 Å². The highest BCUT2D eigenvalue weighted by molar-refractivity contribution is 7.15. The summed E-state index contributed by atoms with van der Waals surface area (Å²) < 4.78 is 5.15. The van der Waals surface area contributed by atoms with Crippen molar-refractivity contribution in [3.8, 4) is 16.3 Å². The molecule has 0 atom stereocenters. The molecule has 1 N–H and O–H groups in total. The number of rotatable bonds is 5. The van der Waals surface area contributed by atoms with Crippen molar-refractivity contribution in [2.24, 2.45) is 0 Å². The first-order valence-electron chi connectivity index (χ1n) is 6.28. The molecule has 1 aliphatic rings. The molecular weight excluding hydrogens is 280 g/mol. The smallest absolute Gasteiger partial charge is 0.137 e. The third-order valence-corrected chi connectivity index (χ3v) is 4.44. The van der Waals surface area contributed by atoms with Crippen LogP contribution in [0.25, 0.3) is 10.6 Å². The van der Waals surface area contributed by atoms with E-state index in [1.165, 1.54) is 17.7 Å². The van der Waals surface area contributed by atoms with E-state index in [0.717, 1.165) is 23.2 Å². The van der Waals surface area contributed by atoms with Gasteiger partial charge in [0, 0.05) is 29.2 Å². The molecule has 19 heavy (non-hydrogen) atoms. The van der Waals surface area contributed by atoms with Crippen molar-refractivity contribution in [1.29, 1.82) is 0 Å². The van der Waals surface area contributed by atoms with Crippen LogP contribution in [0.15, 0.2) is 24.4 Å². The van der Waals surface area contributed by atoms with E-state index in [1.807, 2.05) is 24.4 Å². The average Bonchev–Trinajstić information content (AvgIpc) is 3.13. The molecule has 3 rings (SSSR count). The molecule has 1 saturated carbocycles. The van der Waals surface area contributed by atoms with Crippen LogP contribution in [0.5, 0.6) is 5.75 Å². The molecule has 0 bridgehead atoms. The fourth-order valence-electron chi connectivity index (χ4n) is 1.85. The molecule has 2 aromatic rings. The molecule has 0 saturated heterocycles. The maximum atomic E-state index is 6.14. The van der Waals surface area contributed by atoms with Gasteiger partial charge in [0.1, 0.15) is 10.8 Å². The van der Waals surface area contributed by atoms with Gasteiger partial charge in [0.25, 0.3) is 0 Å². The van der Waals surface area contributed by atoms with Gasteiger partial charge in [-0.3, -0.25) is 0 Å². The van der Waals surface area contributed by atoms with E-state index >= 15 is 0 Å². The summed E-state index contributed by atoms with van der Waals surface area (Å²) in [7, 11) is 1.62. The van der Waals surface area contributed by atoms with Gasteiger partial charge in [-0.1, -0.05) is 11.6 Å². The van der Waals surface area contributed by atoms with Gasteiger partial charge in [-0.05, 0) is 31.0 Å². The van der Waals surface area contributed by atoms with Gasteiger partial charge in [0.15, 0.2) is 0 Å². The Morgan fingerprint density at radius 2 is 2.32 bits per heavy atom. The standard InChI is InChI=1S/C14H15ClN2OS/c1-18-13-5-2-9(6-12(13)15)14-17-8-11(19-14)7-16-10-3-4-10/h2,5-6,8,10,16H,3-4,7H2,1H3. The van der Waals surface area contributed by atoms with Crippen LogP contribution in [0.1, 0.15) is 17.7 Å². The Morgan fingerprint density at radius 1 is 1.47 bits per heavy atom. The number of nitrogens with zero attached hydrogens (tertiary/aromatic N) is 1. The minimum absolute atomic E-state index is 0.618. The second-order valence-electron chi connectivity index (χ2n) is 4.64. The van der Waals surface area contributed by atoms with Crippen LogP contribution < -0.4 is 10.1 Å². The number of hydrogen-bond acceptors (Lipinski definition) is 4. The zero-order valence-electron chi connectivity index (χ0n) is 10.6. The second-order valence-corrected chi connectivity index (χ2v) is 6.16. The molecule has 100 valence electrons. The molecule has 0 spiro atoms. The minimum Gasteiger partial charge on any atom is -0.495 e. The average molecular weight is 295 g/mol. The van der Waals surface area contributed by atoms with Crippen LogP contribution in [0.4, 0.5) is 0 Å². The lowest BCUT2D eigenvalue weighted by molar-refractivity contribution is 0.415. The molecule has 3 nitrogen and oxygen atoms in total. The topological polar surface area (TPSA) is 34.1 Å². The summed E-state index contributed by atoms with van der Waals surface area (Å²) in [4.78, 5) is 5.72. The fourth-order valence-corrected chi connectivity index (χ4v) is 2.97. The number of halogens is 1.